The molecule has 144 valence electrons. The number of halogens is 1. The zero-order valence-corrected chi connectivity index (χ0v) is 16.1. The van der Waals surface area contributed by atoms with Crippen LogP contribution in [0.5, 0.6) is 0 Å². The van der Waals surface area contributed by atoms with Crippen LogP contribution in [-0.2, 0) is 4.74 Å². The van der Waals surface area contributed by atoms with Crippen LogP contribution in [0, 0.1) is 0 Å². The summed E-state index contributed by atoms with van der Waals surface area (Å²) in [6.07, 6.45) is 7.54. The average Bonchev–Trinajstić information content (AvgIpc) is 3.15. The van der Waals surface area contributed by atoms with E-state index in [2.05, 4.69) is 15.3 Å². The number of carbonyl (C=O) groups is 1. The van der Waals surface area contributed by atoms with E-state index < -0.39 is 0 Å². The molecule has 0 spiro atoms. The first kappa shape index (κ1) is 18.3. The molecule has 1 N–H and O–H groups in total. The lowest BCUT2D eigenvalue weighted by molar-refractivity contribution is 0.0923. The smallest absolute Gasteiger partial charge is 0.271 e. The first-order chi connectivity index (χ1) is 13.2. The molecule has 7 heteroatoms. The van der Waals surface area contributed by atoms with Gasteiger partial charge >= 0.3 is 0 Å². The molecule has 1 aliphatic carbocycles. The number of morpholine rings is 1. The van der Waals surface area contributed by atoms with Crippen LogP contribution < -0.4 is 10.3 Å². The molecule has 27 heavy (non-hydrogen) atoms. The van der Waals surface area contributed by atoms with Gasteiger partial charge in [-0.15, -0.1) is 0 Å². The Balaban J connectivity index is 1.64. The van der Waals surface area contributed by atoms with E-state index in [1.807, 2.05) is 35.1 Å². The van der Waals surface area contributed by atoms with Crippen molar-refractivity contribution in [2.24, 2.45) is 0 Å². The number of amides is 1. The SMILES string of the molecule is O=C(NC1CCCCC1)c1cn(N2CCOCC2)c(-c2ccccc2Cl)n1. The number of benzene rings is 1. The lowest BCUT2D eigenvalue weighted by Crippen LogP contribution is -2.44. The molecule has 1 aliphatic heterocycles. The predicted molar refractivity (Wildman–Crippen MR) is 106 cm³/mol. The Labute approximate surface area is 164 Å². The van der Waals surface area contributed by atoms with Crippen molar-refractivity contribution in [1.82, 2.24) is 15.0 Å². The molecule has 1 amide bonds. The van der Waals surface area contributed by atoms with Crippen molar-refractivity contribution in [2.45, 2.75) is 38.1 Å². The Morgan fingerprint density at radius 1 is 1.15 bits per heavy atom. The maximum atomic E-state index is 12.8. The molecule has 2 aliphatic rings. The van der Waals surface area contributed by atoms with Crippen LogP contribution in [0.25, 0.3) is 11.4 Å². The van der Waals surface area contributed by atoms with Gasteiger partial charge in [-0.25, -0.2) is 9.66 Å². The first-order valence-electron chi connectivity index (χ1n) is 9.70. The highest BCUT2D eigenvalue weighted by molar-refractivity contribution is 6.33. The number of nitrogens with zero attached hydrogens (tertiary/aromatic N) is 3. The van der Waals surface area contributed by atoms with Gasteiger partial charge in [-0.2, -0.15) is 0 Å². The predicted octanol–water partition coefficient (Wildman–Crippen LogP) is 3.23. The normalized spacial score (nSPS) is 18.5. The molecule has 1 saturated heterocycles. The topological polar surface area (TPSA) is 59.4 Å². The number of imidazole rings is 1. The third-order valence-corrected chi connectivity index (χ3v) is 5.60. The van der Waals surface area contributed by atoms with E-state index in [0.29, 0.717) is 29.8 Å². The number of carbonyl (C=O) groups excluding carboxylic acids is 1. The van der Waals surface area contributed by atoms with Crippen molar-refractivity contribution in [1.29, 1.82) is 0 Å². The summed E-state index contributed by atoms with van der Waals surface area (Å²) >= 11 is 6.42. The monoisotopic (exact) mass is 388 g/mol. The number of hydrogen-bond acceptors (Lipinski definition) is 4. The fourth-order valence-electron chi connectivity index (χ4n) is 3.80. The summed E-state index contributed by atoms with van der Waals surface area (Å²) in [7, 11) is 0. The van der Waals surface area contributed by atoms with Crippen molar-refractivity contribution >= 4 is 17.5 Å². The van der Waals surface area contributed by atoms with Crippen molar-refractivity contribution in [2.75, 3.05) is 31.3 Å². The highest BCUT2D eigenvalue weighted by atomic mass is 35.5. The molecule has 2 heterocycles. The zero-order chi connectivity index (χ0) is 18.6. The third-order valence-electron chi connectivity index (χ3n) is 5.27. The number of ether oxygens (including phenoxy) is 1. The van der Waals surface area contributed by atoms with Gasteiger partial charge in [0.1, 0.15) is 5.69 Å². The van der Waals surface area contributed by atoms with Gasteiger partial charge in [0.2, 0.25) is 0 Å². The minimum Gasteiger partial charge on any atom is -0.378 e. The highest BCUT2D eigenvalue weighted by Crippen LogP contribution is 2.28. The van der Waals surface area contributed by atoms with Gasteiger partial charge in [-0.3, -0.25) is 4.79 Å². The van der Waals surface area contributed by atoms with E-state index in [-0.39, 0.29) is 11.9 Å². The largest absolute Gasteiger partial charge is 0.378 e. The van der Waals surface area contributed by atoms with Gasteiger partial charge in [0.15, 0.2) is 5.82 Å². The highest BCUT2D eigenvalue weighted by Gasteiger charge is 2.23. The molecule has 4 rings (SSSR count). The Kier molecular flexibility index (Phi) is 5.64. The van der Waals surface area contributed by atoms with Crippen molar-refractivity contribution in [3.05, 3.63) is 41.2 Å². The molecule has 0 radical (unpaired) electrons. The van der Waals surface area contributed by atoms with E-state index in [9.17, 15) is 4.79 Å². The molecule has 2 aromatic rings. The Morgan fingerprint density at radius 2 is 1.89 bits per heavy atom. The molecule has 1 aromatic carbocycles. The summed E-state index contributed by atoms with van der Waals surface area (Å²) in [5, 5.41) is 5.92. The molecule has 6 nitrogen and oxygen atoms in total. The van der Waals surface area contributed by atoms with Gasteiger partial charge < -0.3 is 15.1 Å². The second-order valence-corrected chi connectivity index (χ2v) is 7.56. The molecular formula is C20H25ClN4O2. The lowest BCUT2D eigenvalue weighted by atomic mass is 9.95. The number of rotatable bonds is 4. The van der Waals surface area contributed by atoms with Gasteiger partial charge in [-0.05, 0) is 25.0 Å². The summed E-state index contributed by atoms with van der Waals surface area (Å²) in [5.74, 6) is 0.582. The number of hydrogen-bond donors (Lipinski definition) is 1. The maximum Gasteiger partial charge on any atom is 0.271 e. The standard InChI is InChI=1S/C20H25ClN4O2/c21-17-9-5-4-8-16(17)19-23-18(14-25(19)24-10-12-27-13-11-24)20(26)22-15-6-2-1-3-7-15/h4-5,8-9,14-15H,1-3,6-7,10-13H2,(H,22,26). The number of aromatic nitrogens is 2. The summed E-state index contributed by atoms with van der Waals surface area (Å²) in [4.78, 5) is 17.5. The fourth-order valence-corrected chi connectivity index (χ4v) is 4.02. The van der Waals surface area contributed by atoms with Gasteiger partial charge in [0.05, 0.1) is 37.5 Å². The van der Waals surface area contributed by atoms with Gasteiger partial charge in [-0.1, -0.05) is 43.0 Å². The summed E-state index contributed by atoms with van der Waals surface area (Å²) in [5.41, 5.74) is 1.25. The van der Waals surface area contributed by atoms with Crippen LogP contribution in [0.4, 0.5) is 0 Å². The van der Waals surface area contributed by atoms with E-state index in [0.717, 1.165) is 31.5 Å². The quantitative estimate of drug-likeness (QED) is 0.873. The Morgan fingerprint density at radius 3 is 2.63 bits per heavy atom. The number of nitrogens with one attached hydrogen (secondary N) is 1. The van der Waals surface area contributed by atoms with Gasteiger partial charge in [0.25, 0.3) is 5.91 Å². The second-order valence-electron chi connectivity index (χ2n) is 7.15. The van der Waals surface area contributed by atoms with Crippen LogP contribution in [0.1, 0.15) is 42.6 Å². The lowest BCUT2D eigenvalue weighted by Gasteiger charge is -2.30. The molecule has 0 atom stereocenters. The minimum atomic E-state index is -0.109. The van der Waals surface area contributed by atoms with E-state index in [1.165, 1.54) is 19.3 Å². The molecule has 2 fully saturated rings. The van der Waals surface area contributed by atoms with E-state index in [4.69, 9.17) is 16.3 Å². The minimum absolute atomic E-state index is 0.109. The third kappa shape index (κ3) is 4.12. The molecule has 0 bridgehead atoms. The second kappa shape index (κ2) is 8.31. The molecule has 1 saturated carbocycles. The van der Waals surface area contributed by atoms with E-state index in [1.54, 1.807) is 0 Å². The maximum absolute atomic E-state index is 12.8. The Bertz CT molecular complexity index is 795. The average molecular weight is 389 g/mol. The molecule has 0 unspecified atom stereocenters. The summed E-state index contributed by atoms with van der Waals surface area (Å²) in [6.45, 7) is 2.81. The van der Waals surface area contributed by atoms with Crippen molar-refractivity contribution < 1.29 is 9.53 Å². The van der Waals surface area contributed by atoms with Crippen LogP contribution in [0.15, 0.2) is 30.5 Å². The molecule has 1 aromatic heterocycles. The van der Waals surface area contributed by atoms with Crippen LogP contribution in [0.2, 0.25) is 5.02 Å². The van der Waals surface area contributed by atoms with Crippen LogP contribution in [-0.4, -0.2) is 47.9 Å². The zero-order valence-electron chi connectivity index (χ0n) is 15.4. The van der Waals surface area contributed by atoms with Crippen molar-refractivity contribution in [3.63, 3.8) is 0 Å². The van der Waals surface area contributed by atoms with Gasteiger partial charge in [0, 0.05) is 11.6 Å². The summed E-state index contributed by atoms with van der Waals surface area (Å²) in [6, 6.07) is 7.86. The fraction of sp³-hybridized carbons (Fsp3) is 0.500. The van der Waals surface area contributed by atoms with Crippen molar-refractivity contribution in [3.8, 4) is 11.4 Å². The summed E-state index contributed by atoms with van der Waals surface area (Å²) < 4.78 is 7.42. The molecular weight excluding hydrogens is 364 g/mol. The van der Waals surface area contributed by atoms with Crippen LogP contribution >= 0.6 is 11.6 Å². The Hall–Kier alpha value is -2.05. The van der Waals surface area contributed by atoms with E-state index >= 15 is 0 Å². The van der Waals surface area contributed by atoms with Crippen LogP contribution in [0.3, 0.4) is 0 Å². The first-order valence-corrected chi connectivity index (χ1v) is 10.1.